The highest BCUT2D eigenvalue weighted by atomic mass is 32.2. The molecular formula is C19H27N5O4S. The van der Waals surface area contributed by atoms with Gasteiger partial charge in [-0.1, -0.05) is 12.1 Å². The van der Waals surface area contributed by atoms with E-state index in [4.69, 9.17) is 4.74 Å². The van der Waals surface area contributed by atoms with E-state index < -0.39 is 16.1 Å². The van der Waals surface area contributed by atoms with Crippen molar-refractivity contribution in [3.63, 3.8) is 0 Å². The van der Waals surface area contributed by atoms with Gasteiger partial charge in [0, 0.05) is 46.0 Å². The highest BCUT2D eigenvalue weighted by Crippen LogP contribution is 2.29. The molecule has 10 heteroatoms. The molecule has 29 heavy (non-hydrogen) atoms. The van der Waals surface area contributed by atoms with Gasteiger partial charge in [0.25, 0.3) is 0 Å². The predicted octanol–water partition coefficient (Wildman–Crippen LogP) is -0.363. The maximum absolute atomic E-state index is 12.7. The minimum Gasteiger partial charge on any atom is -0.486 e. The number of likely N-dealkylation sites (tertiary alicyclic amines) is 1. The molecule has 0 amide bonds. The lowest BCUT2D eigenvalue weighted by Gasteiger charge is -2.30. The lowest BCUT2D eigenvalue weighted by molar-refractivity contribution is 0.0713. The van der Waals surface area contributed by atoms with Gasteiger partial charge in [-0.25, -0.2) is 18.1 Å². The van der Waals surface area contributed by atoms with E-state index in [-0.39, 0.29) is 23.6 Å². The Morgan fingerprint density at radius 2 is 2.03 bits per heavy atom. The number of β-amino-alcohol motifs (C(OH)–C–C–N with tert-alkyl or cyclic N) is 1. The van der Waals surface area contributed by atoms with Gasteiger partial charge in [0.1, 0.15) is 16.7 Å². The number of rotatable bonds is 2. The van der Waals surface area contributed by atoms with E-state index in [9.17, 15) is 13.5 Å². The third-order valence-electron chi connectivity index (χ3n) is 5.61. The molecule has 0 bridgehead atoms. The van der Waals surface area contributed by atoms with Crippen molar-refractivity contribution in [3.8, 4) is 5.75 Å². The Kier molecular flexibility index (Phi) is 5.63. The molecule has 0 unspecified atom stereocenters. The van der Waals surface area contributed by atoms with Gasteiger partial charge >= 0.3 is 0 Å². The first-order valence-corrected chi connectivity index (χ1v) is 11.1. The predicted molar refractivity (Wildman–Crippen MR) is 107 cm³/mol. The molecule has 2 aliphatic heterocycles. The van der Waals surface area contributed by atoms with Crippen LogP contribution in [0, 0.1) is 0 Å². The minimum absolute atomic E-state index is 0.0201. The summed E-state index contributed by atoms with van der Waals surface area (Å²) in [5.41, 5.74) is 1.10. The molecule has 1 saturated heterocycles. The largest absolute Gasteiger partial charge is 0.486 e. The number of hydrogen-bond acceptors (Lipinski definition) is 7. The summed E-state index contributed by atoms with van der Waals surface area (Å²) in [7, 11) is 0.130. The van der Waals surface area contributed by atoms with Crippen LogP contribution >= 0.6 is 0 Å². The lowest BCUT2D eigenvalue weighted by atomic mass is 10.1. The van der Waals surface area contributed by atoms with Crippen molar-refractivity contribution in [2.75, 3.05) is 33.2 Å². The van der Waals surface area contributed by atoms with E-state index in [0.717, 1.165) is 18.8 Å². The second-order valence-electron chi connectivity index (χ2n) is 7.81. The van der Waals surface area contributed by atoms with Gasteiger partial charge in [0.15, 0.2) is 0 Å². The Bertz CT molecular complexity index is 963. The molecule has 3 heterocycles. The van der Waals surface area contributed by atoms with Crippen LogP contribution in [-0.4, -0.2) is 84.4 Å². The number of para-hydroxylation sites is 1. The summed E-state index contributed by atoms with van der Waals surface area (Å²) in [6.07, 6.45) is 2.59. The van der Waals surface area contributed by atoms with Crippen molar-refractivity contribution in [1.82, 2.24) is 24.1 Å². The number of aliphatic hydroxyl groups is 1. The molecule has 1 aromatic carbocycles. The summed E-state index contributed by atoms with van der Waals surface area (Å²) >= 11 is 0. The van der Waals surface area contributed by atoms with Crippen LogP contribution in [0.3, 0.4) is 0 Å². The van der Waals surface area contributed by atoms with Crippen molar-refractivity contribution >= 4 is 10.0 Å². The molecule has 0 spiro atoms. The number of aromatic nitrogens is 2. The summed E-state index contributed by atoms with van der Waals surface area (Å²) in [5, 5.41) is 10.4. The third kappa shape index (κ3) is 4.31. The van der Waals surface area contributed by atoms with Crippen LogP contribution in [-0.2, 0) is 23.6 Å². The minimum atomic E-state index is -3.78. The number of hydrogen-bond donors (Lipinski definition) is 2. The molecule has 158 valence electrons. The molecule has 3 atom stereocenters. The number of imidazole rings is 1. The van der Waals surface area contributed by atoms with Crippen LogP contribution in [0.4, 0.5) is 0 Å². The van der Waals surface area contributed by atoms with Crippen molar-refractivity contribution in [2.24, 2.45) is 7.05 Å². The zero-order valence-electron chi connectivity index (χ0n) is 16.6. The van der Waals surface area contributed by atoms with E-state index in [1.165, 1.54) is 6.07 Å². The maximum atomic E-state index is 12.7. The van der Waals surface area contributed by atoms with Crippen molar-refractivity contribution in [2.45, 2.75) is 29.7 Å². The number of benzene rings is 1. The summed E-state index contributed by atoms with van der Waals surface area (Å²) in [6.45, 7) is 2.43. The van der Waals surface area contributed by atoms with Crippen molar-refractivity contribution in [3.05, 3.63) is 42.5 Å². The number of likely N-dealkylation sites (N-methyl/N-ethyl adjacent to an activating group) is 1. The standard InChI is InChI=1S/C19H27N5O4S/c1-22-10-15(25)8-21-29(26,27)19-6-4-3-5-17(19)28-18-12-24(11-16(18)22)9-14-7-20-13-23(14)2/h3-7,13,15-16,18,21,25H,8-12H2,1-2H3/t15-,16+,18-/m0/s1. The monoisotopic (exact) mass is 421 g/mol. The lowest BCUT2D eigenvalue weighted by Crippen LogP contribution is -2.47. The topological polar surface area (TPSA) is 99.9 Å². The third-order valence-corrected chi connectivity index (χ3v) is 7.07. The van der Waals surface area contributed by atoms with Gasteiger partial charge in [-0.3, -0.25) is 9.80 Å². The highest BCUT2D eigenvalue weighted by Gasteiger charge is 2.39. The summed E-state index contributed by atoms with van der Waals surface area (Å²) in [5.74, 6) is 0.335. The smallest absolute Gasteiger partial charge is 0.244 e. The average molecular weight is 422 g/mol. The molecular weight excluding hydrogens is 394 g/mol. The number of aryl methyl sites for hydroxylation is 1. The first-order chi connectivity index (χ1) is 13.8. The quantitative estimate of drug-likeness (QED) is 0.683. The molecule has 1 fully saturated rings. The van der Waals surface area contributed by atoms with Gasteiger partial charge in [-0.2, -0.15) is 0 Å². The van der Waals surface area contributed by atoms with Crippen molar-refractivity contribution in [1.29, 1.82) is 0 Å². The van der Waals surface area contributed by atoms with E-state index in [2.05, 4.69) is 19.5 Å². The Labute approximate surface area is 171 Å². The second kappa shape index (κ2) is 8.04. The molecule has 0 saturated carbocycles. The Morgan fingerprint density at radius 1 is 1.24 bits per heavy atom. The fourth-order valence-electron chi connectivity index (χ4n) is 4.02. The number of fused-ring (bicyclic) bond motifs is 2. The van der Waals surface area contributed by atoms with Crippen LogP contribution < -0.4 is 9.46 Å². The molecule has 0 radical (unpaired) electrons. The molecule has 2 N–H and O–H groups in total. The molecule has 2 aromatic rings. The van der Waals surface area contributed by atoms with E-state index in [0.29, 0.717) is 18.8 Å². The highest BCUT2D eigenvalue weighted by molar-refractivity contribution is 7.89. The van der Waals surface area contributed by atoms with E-state index in [1.54, 1.807) is 24.5 Å². The van der Waals surface area contributed by atoms with Gasteiger partial charge in [-0.05, 0) is 19.2 Å². The zero-order valence-corrected chi connectivity index (χ0v) is 17.4. The molecule has 4 rings (SSSR count). The Morgan fingerprint density at radius 3 is 2.79 bits per heavy atom. The summed E-state index contributed by atoms with van der Waals surface area (Å²) in [4.78, 5) is 8.61. The Balaban J connectivity index is 1.64. The van der Waals surface area contributed by atoms with Crippen LogP contribution in [0.15, 0.2) is 41.7 Å². The first kappa shape index (κ1) is 20.3. The zero-order chi connectivity index (χ0) is 20.6. The number of nitrogens with zero attached hydrogens (tertiary/aromatic N) is 4. The second-order valence-corrected chi connectivity index (χ2v) is 9.54. The van der Waals surface area contributed by atoms with Crippen LogP contribution in [0.2, 0.25) is 0 Å². The summed E-state index contributed by atoms with van der Waals surface area (Å²) in [6, 6.07) is 6.67. The maximum Gasteiger partial charge on any atom is 0.244 e. The molecule has 1 aromatic heterocycles. The molecule has 9 nitrogen and oxygen atoms in total. The first-order valence-electron chi connectivity index (χ1n) is 9.64. The van der Waals surface area contributed by atoms with Gasteiger partial charge < -0.3 is 14.4 Å². The number of ether oxygens (including phenoxy) is 1. The average Bonchev–Trinajstić information content (AvgIpc) is 3.26. The van der Waals surface area contributed by atoms with Gasteiger partial charge in [-0.15, -0.1) is 0 Å². The van der Waals surface area contributed by atoms with Crippen LogP contribution in [0.25, 0.3) is 0 Å². The fraction of sp³-hybridized carbons (Fsp3) is 0.526. The number of sulfonamides is 1. The van der Waals surface area contributed by atoms with E-state index in [1.807, 2.05) is 24.9 Å². The number of aliphatic hydroxyl groups excluding tert-OH is 1. The van der Waals surface area contributed by atoms with Crippen LogP contribution in [0.1, 0.15) is 5.69 Å². The van der Waals surface area contributed by atoms with E-state index >= 15 is 0 Å². The number of nitrogens with one attached hydrogen (secondary N) is 1. The van der Waals surface area contributed by atoms with Gasteiger partial charge in [0.2, 0.25) is 10.0 Å². The normalized spacial score (nSPS) is 28.2. The van der Waals surface area contributed by atoms with Crippen molar-refractivity contribution < 1.29 is 18.3 Å². The fourth-order valence-corrected chi connectivity index (χ4v) is 5.22. The molecule has 2 aliphatic rings. The molecule has 0 aliphatic carbocycles. The summed E-state index contributed by atoms with van der Waals surface area (Å²) < 4.78 is 36.2. The van der Waals surface area contributed by atoms with Crippen LogP contribution in [0.5, 0.6) is 5.75 Å². The SMILES string of the molecule is CN1C[C@@H](O)CNS(=O)(=O)c2ccccc2O[C@H]2CN(Cc3cncn3C)C[C@H]21. The Hall–Kier alpha value is -1.98. The van der Waals surface area contributed by atoms with Gasteiger partial charge in [0.05, 0.1) is 24.2 Å².